The van der Waals surface area contributed by atoms with Crippen LogP contribution in [-0.2, 0) is 14.8 Å². The second-order valence-corrected chi connectivity index (χ2v) is 11.5. The first-order valence-corrected chi connectivity index (χ1v) is 14.0. The lowest BCUT2D eigenvalue weighted by Gasteiger charge is -2.37. The maximum absolute atomic E-state index is 13.7. The van der Waals surface area contributed by atoms with Crippen molar-refractivity contribution in [1.82, 2.24) is 4.90 Å². The molecule has 3 aromatic carbocycles. The van der Waals surface area contributed by atoms with E-state index < -0.39 is 10.0 Å². The molecule has 0 aromatic heterocycles. The predicted molar refractivity (Wildman–Crippen MR) is 148 cm³/mol. The summed E-state index contributed by atoms with van der Waals surface area (Å²) in [5.41, 5.74) is 3.54. The topological polar surface area (TPSA) is 70.2 Å². The fourth-order valence-electron chi connectivity index (χ4n) is 4.49. The fraction of sp³-hybridized carbons (Fsp3) is 0.345. The van der Waals surface area contributed by atoms with Crippen LogP contribution in [0.5, 0.6) is 5.75 Å². The van der Waals surface area contributed by atoms with E-state index in [9.17, 15) is 13.2 Å². The number of sulfonamides is 1. The molecule has 0 N–H and O–H groups in total. The van der Waals surface area contributed by atoms with Gasteiger partial charge in [-0.25, -0.2) is 8.42 Å². The predicted octanol–water partition coefficient (Wildman–Crippen LogP) is 4.67. The molecule has 0 bridgehead atoms. The molecule has 1 heterocycles. The van der Waals surface area contributed by atoms with E-state index in [1.54, 1.807) is 48.4 Å². The number of ether oxygens (including phenoxy) is 1. The summed E-state index contributed by atoms with van der Waals surface area (Å²) < 4.78 is 34.2. The van der Waals surface area contributed by atoms with Gasteiger partial charge in [0.2, 0.25) is 5.91 Å². The molecule has 1 saturated heterocycles. The molecule has 0 saturated carbocycles. The molecule has 8 heteroatoms. The van der Waals surface area contributed by atoms with Crippen molar-refractivity contribution in [3.05, 3.63) is 83.9 Å². The molecule has 4 rings (SSSR count). The van der Waals surface area contributed by atoms with Crippen molar-refractivity contribution in [3.63, 3.8) is 0 Å². The number of carbonyl (C=O) groups excluding carboxylic acids is 1. The number of benzene rings is 3. The first kappa shape index (κ1) is 26.5. The summed E-state index contributed by atoms with van der Waals surface area (Å²) in [6, 6.07) is 22.0. The van der Waals surface area contributed by atoms with E-state index in [0.717, 1.165) is 22.6 Å². The Hall–Kier alpha value is -3.52. The number of hydrogen-bond acceptors (Lipinski definition) is 5. The molecule has 196 valence electrons. The van der Waals surface area contributed by atoms with Crippen molar-refractivity contribution in [3.8, 4) is 5.75 Å². The van der Waals surface area contributed by atoms with Crippen LogP contribution in [0, 0.1) is 6.92 Å². The normalized spacial score (nSPS) is 14.1. The minimum atomic E-state index is -3.94. The smallest absolute Gasteiger partial charge is 0.264 e. The van der Waals surface area contributed by atoms with Crippen LogP contribution in [0.2, 0.25) is 0 Å². The zero-order valence-electron chi connectivity index (χ0n) is 21.9. The number of hydrogen-bond donors (Lipinski definition) is 0. The van der Waals surface area contributed by atoms with Crippen LogP contribution in [0.3, 0.4) is 0 Å². The lowest BCUT2D eigenvalue weighted by Crippen LogP contribution is -2.52. The van der Waals surface area contributed by atoms with E-state index in [2.05, 4.69) is 18.7 Å². The monoisotopic (exact) mass is 521 g/mol. The minimum Gasteiger partial charge on any atom is -0.495 e. The molecule has 1 fully saturated rings. The van der Waals surface area contributed by atoms with Crippen LogP contribution in [0.15, 0.2) is 77.7 Å². The number of anilines is 2. The number of piperazine rings is 1. The average molecular weight is 522 g/mol. The highest BCUT2D eigenvalue weighted by atomic mass is 32.2. The Morgan fingerprint density at radius 3 is 2.14 bits per heavy atom. The number of aryl methyl sites for hydroxylation is 1. The van der Waals surface area contributed by atoms with Gasteiger partial charge in [-0.05, 0) is 54.8 Å². The molecule has 0 radical (unpaired) electrons. The van der Waals surface area contributed by atoms with Gasteiger partial charge >= 0.3 is 0 Å². The van der Waals surface area contributed by atoms with E-state index in [4.69, 9.17) is 4.74 Å². The maximum atomic E-state index is 13.7. The molecule has 0 spiro atoms. The fourth-order valence-corrected chi connectivity index (χ4v) is 5.90. The number of carbonyl (C=O) groups is 1. The lowest BCUT2D eigenvalue weighted by atomic mass is 10.0. The van der Waals surface area contributed by atoms with E-state index in [-0.39, 0.29) is 17.3 Å². The van der Waals surface area contributed by atoms with Gasteiger partial charge in [0.15, 0.2) is 0 Å². The van der Waals surface area contributed by atoms with E-state index in [1.807, 2.05) is 43.3 Å². The standard InChI is InChI=1S/C29H35N3O4S/c1-22(2)24-11-13-25(14-12-24)32(37(34,35)26-15-9-23(3)10-16-26)21-29(33)31-19-17-30(18-20-31)27-7-5-6-8-28(27)36-4/h5-16,22H,17-21H2,1-4H3. The molecule has 1 aliphatic rings. The maximum Gasteiger partial charge on any atom is 0.264 e. The molecule has 0 atom stereocenters. The average Bonchev–Trinajstić information content (AvgIpc) is 2.92. The van der Waals surface area contributed by atoms with E-state index in [0.29, 0.717) is 37.8 Å². The van der Waals surface area contributed by atoms with E-state index in [1.165, 1.54) is 4.31 Å². The SMILES string of the molecule is COc1ccccc1N1CCN(C(=O)CN(c2ccc(C(C)C)cc2)S(=O)(=O)c2ccc(C)cc2)CC1. The molecule has 0 unspecified atom stereocenters. The Kier molecular flexibility index (Phi) is 8.07. The zero-order valence-corrected chi connectivity index (χ0v) is 22.7. The zero-order chi connectivity index (χ0) is 26.6. The highest BCUT2D eigenvalue weighted by Gasteiger charge is 2.30. The van der Waals surface area contributed by atoms with Gasteiger partial charge in [0.05, 0.1) is 23.4 Å². The Bertz CT molecular complexity index is 1310. The number of methoxy groups -OCH3 is 1. The number of nitrogens with zero attached hydrogens (tertiary/aromatic N) is 3. The van der Waals surface area contributed by atoms with Crippen molar-refractivity contribution in [2.75, 3.05) is 49.0 Å². The van der Waals surface area contributed by atoms with E-state index >= 15 is 0 Å². The number of amides is 1. The third-order valence-corrected chi connectivity index (χ3v) is 8.58. The molecule has 0 aliphatic carbocycles. The van der Waals surface area contributed by atoms with Crippen LogP contribution < -0.4 is 13.9 Å². The van der Waals surface area contributed by atoms with Crippen molar-refractivity contribution in [2.24, 2.45) is 0 Å². The number of rotatable bonds is 8. The van der Waals surface area contributed by atoms with Gasteiger partial charge in [-0.2, -0.15) is 0 Å². The van der Waals surface area contributed by atoms with Crippen molar-refractivity contribution in [1.29, 1.82) is 0 Å². The summed E-state index contributed by atoms with van der Waals surface area (Å²) in [7, 11) is -2.29. The van der Waals surface area contributed by atoms with Gasteiger partial charge < -0.3 is 14.5 Å². The highest BCUT2D eigenvalue weighted by molar-refractivity contribution is 7.92. The summed E-state index contributed by atoms with van der Waals surface area (Å²) in [6.45, 7) is 8.11. The molecule has 1 amide bonds. The van der Waals surface area contributed by atoms with Crippen molar-refractivity contribution in [2.45, 2.75) is 31.6 Å². The molecule has 37 heavy (non-hydrogen) atoms. The molecule has 7 nitrogen and oxygen atoms in total. The third-order valence-electron chi connectivity index (χ3n) is 6.79. The van der Waals surface area contributed by atoms with Crippen LogP contribution >= 0.6 is 0 Å². The summed E-state index contributed by atoms with van der Waals surface area (Å²) in [6.07, 6.45) is 0. The molecule has 1 aliphatic heterocycles. The van der Waals surface area contributed by atoms with Gasteiger partial charge in [-0.3, -0.25) is 9.10 Å². The second kappa shape index (κ2) is 11.3. The van der Waals surface area contributed by atoms with Gasteiger partial charge in [0.25, 0.3) is 10.0 Å². The quantitative estimate of drug-likeness (QED) is 0.431. The lowest BCUT2D eigenvalue weighted by molar-refractivity contribution is -0.129. The van der Waals surface area contributed by atoms with Crippen molar-refractivity contribution >= 4 is 27.3 Å². The van der Waals surface area contributed by atoms with Crippen molar-refractivity contribution < 1.29 is 17.9 Å². The Balaban J connectivity index is 1.55. The molecular weight excluding hydrogens is 486 g/mol. The van der Waals surface area contributed by atoms with Gasteiger partial charge in [0, 0.05) is 26.2 Å². The first-order chi connectivity index (χ1) is 17.7. The summed E-state index contributed by atoms with van der Waals surface area (Å²) in [5.74, 6) is 0.892. The van der Waals surface area contributed by atoms with Crippen LogP contribution in [0.1, 0.15) is 30.9 Å². The largest absolute Gasteiger partial charge is 0.495 e. The minimum absolute atomic E-state index is 0.167. The van der Waals surface area contributed by atoms with Gasteiger partial charge in [-0.15, -0.1) is 0 Å². The first-order valence-electron chi connectivity index (χ1n) is 12.6. The van der Waals surface area contributed by atoms with Crippen LogP contribution in [-0.4, -0.2) is 59.1 Å². The Morgan fingerprint density at radius 1 is 0.919 bits per heavy atom. The summed E-state index contributed by atoms with van der Waals surface area (Å²) in [4.78, 5) is 17.5. The molecule has 3 aromatic rings. The third kappa shape index (κ3) is 5.91. The van der Waals surface area contributed by atoms with Gasteiger partial charge in [0.1, 0.15) is 12.3 Å². The van der Waals surface area contributed by atoms with Crippen LogP contribution in [0.4, 0.5) is 11.4 Å². The van der Waals surface area contributed by atoms with Gasteiger partial charge in [-0.1, -0.05) is 55.8 Å². The van der Waals surface area contributed by atoms with Crippen LogP contribution in [0.25, 0.3) is 0 Å². The number of para-hydroxylation sites is 2. The summed E-state index contributed by atoms with van der Waals surface area (Å²) in [5, 5.41) is 0. The second-order valence-electron chi connectivity index (χ2n) is 9.61. The Morgan fingerprint density at radius 2 is 1.54 bits per heavy atom. The highest BCUT2D eigenvalue weighted by Crippen LogP contribution is 2.29. The Labute approximate surface area is 220 Å². The molecular formula is C29H35N3O4S. The summed E-state index contributed by atoms with van der Waals surface area (Å²) >= 11 is 0.